The number of carbonyl (C=O) groups is 1. The molecule has 1 aromatic heterocycles. The molecule has 0 unspecified atom stereocenters. The first kappa shape index (κ1) is 24.7. The zero-order valence-electron chi connectivity index (χ0n) is 17.7. The molecule has 174 valence electrons. The molecule has 0 radical (unpaired) electrons. The number of alkyl halides is 3. The fourth-order valence-corrected chi connectivity index (χ4v) is 2.95. The minimum atomic E-state index is -4.42. The Morgan fingerprint density at radius 3 is 2.45 bits per heavy atom. The molecular formula is C19H29F3N6O3. The molecule has 1 aromatic rings. The molecule has 0 aliphatic carbocycles. The van der Waals surface area contributed by atoms with E-state index in [1.54, 1.807) is 14.2 Å². The third kappa shape index (κ3) is 8.58. The molecule has 1 fully saturated rings. The monoisotopic (exact) mass is 446 g/mol. The Kier molecular flexibility index (Phi) is 9.79. The van der Waals surface area contributed by atoms with E-state index in [9.17, 15) is 18.0 Å². The van der Waals surface area contributed by atoms with Gasteiger partial charge < -0.3 is 25.0 Å². The van der Waals surface area contributed by atoms with Crippen molar-refractivity contribution >= 4 is 11.9 Å². The number of aliphatic imine (C=N–C) groups is 1. The van der Waals surface area contributed by atoms with Gasteiger partial charge in [-0.25, -0.2) is 4.98 Å². The number of nitrogens with zero attached hydrogens (tertiary/aromatic N) is 4. The number of amides is 1. The number of halogens is 3. The predicted molar refractivity (Wildman–Crippen MR) is 109 cm³/mol. The highest BCUT2D eigenvalue weighted by Crippen LogP contribution is 2.29. The van der Waals surface area contributed by atoms with Crippen molar-refractivity contribution in [1.29, 1.82) is 0 Å². The molecule has 31 heavy (non-hydrogen) atoms. The van der Waals surface area contributed by atoms with Crippen LogP contribution in [0.25, 0.3) is 0 Å². The molecule has 12 heteroatoms. The quantitative estimate of drug-likeness (QED) is 0.323. The molecule has 1 saturated heterocycles. The van der Waals surface area contributed by atoms with Gasteiger partial charge in [0.15, 0.2) is 5.96 Å². The van der Waals surface area contributed by atoms with E-state index in [1.165, 1.54) is 6.07 Å². The molecule has 0 spiro atoms. The van der Waals surface area contributed by atoms with Crippen LogP contribution in [0, 0.1) is 0 Å². The number of aromatic nitrogens is 1. The first-order valence-electron chi connectivity index (χ1n) is 9.93. The summed E-state index contributed by atoms with van der Waals surface area (Å²) in [5, 5.41) is 5.97. The summed E-state index contributed by atoms with van der Waals surface area (Å²) in [6.07, 6.45) is -3.67. The highest BCUT2D eigenvalue weighted by atomic mass is 19.4. The maximum absolute atomic E-state index is 12.5. The summed E-state index contributed by atoms with van der Waals surface area (Å²) in [5.41, 5.74) is -0.815. The molecule has 2 heterocycles. The smallest absolute Gasteiger partial charge is 0.417 e. The molecule has 0 saturated carbocycles. The van der Waals surface area contributed by atoms with Gasteiger partial charge in [-0.15, -0.1) is 0 Å². The van der Waals surface area contributed by atoms with Crippen LogP contribution < -0.4 is 15.4 Å². The van der Waals surface area contributed by atoms with Gasteiger partial charge in [0.2, 0.25) is 11.8 Å². The normalized spacial score (nSPS) is 15.6. The lowest BCUT2D eigenvalue weighted by atomic mass is 10.3. The summed E-state index contributed by atoms with van der Waals surface area (Å²) in [4.78, 5) is 24.0. The number of hydrogen-bond acceptors (Lipinski definition) is 6. The van der Waals surface area contributed by atoms with Crippen molar-refractivity contribution < 1.29 is 27.4 Å². The molecule has 2 rings (SSSR count). The first-order valence-corrected chi connectivity index (χ1v) is 9.93. The van der Waals surface area contributed by atoms with Gasteiger partial charge in [-0.05, 0) is 6.07 Å². The molecular weight excluding hydrogens is 417 g/mol. The van der Waals surface area contributed by atoms with Gasteiger partial charge in [-0.2, -0.15) is 13.2 Å². The van der Waals surface area contributed by atoms with Crippen LogP contribution in [0.4, 0.5) is 13.2 Å². The Balaban J connectivity index is 1.67. The van der Waals surface area contributed by atoms with Gasteiger partial charge >= 0.3 is 6.18 Å². The van der Waals surface area contributed by atoms with Crippen LogP contribution in [-0.4, -0.2) is 99.8 Å². The SMILES string of the molecule is CN=C(NCCOc1ccc(C(F)(F)F)cn1)N1CCN(CC(=O)NCCOC)CC1. The molecule has 0 atom stereocenters. The van der Waals surface area contributed by atoms with E-state index in [0.717, 1.165) is 25.4 Å². The Morgan fingerprint density at radius 1 is 1.16 bits per heavy atom. The number of pyridine rings is 1. The summed E-state index contributed by atoms with van der Waals surface area (Å²) < 4.78 is 47.9. The average molecular weight is 446 g/mol. The highest BCUT2D eigenvalue weighted by Gasteiger charge is 2.30. The van der Waals surface area contributed by atoms with E-state index in [-0.39, 0.29) is 18.4 Å². The van der Waals surface area contributed by atoms with Crippen LogP contribution in [0.1, 0.15) is 5.56 Å². The van der Waals surface area contributed by atoms with Crippen molar-refractivity contribution in [2.75, 3.05) is 73.2 Å². The second-order valence-electron chi connectivity index (χ2n) is 6.81. The van der Waals surface area contributed by atoms with Gasteiger partial charge in [-0.3, -0.25) is 14.7 Å². The first-order chi connectivity index (χ1) is 14.8. The third-order valence-corrected chi connectivity index (χ3v) is 4.58. The summed E-state index contributed by atoms with van der Waals surface area (Å²) in [6.45, 7) is 4.84. The summed E-state index contributed by atoms with van der Waals surface area (Å²) in [6, 6.07) is 2.13. The van der Waals surface area contributed by atoms with Gasteiger partial charge in [-0.1, -0.05) is 0 Å². The molecule has 0 aromatic carbocycles. The van der Waals surface area contributed by atoms with Crippen molar-refractivity contribution in [1.82, 2.24) is 25.4 Å². The van der Waals surface area contributed by atoms with E-state index in [4.69, 9.17) is 9.47 Å². The minimum Gasteiger partial charge on any atom is -0.476 e. The largest absolute Gasteiger partial charge is 0.476 e. The fourth-order valence-electron chi connectivity index (χ4n) is 2.95. The van der Waals surface area contributed by atoms with Crippen molar-refractivity contribution in [2.24, 2.45) is 4.99 Å². The third-order valence-electron chi connectivity index (χ3n) is 4.58. The number of piperazine rings is 1. The van der Waals surface area contributed by atoms with Gasteiger partial charge in [0.1, 0.15) is 6.61 Å². The van der Waals surface area contributed by atoms with Gasteiger partial charge in [0.25, 0.3) is 0 Å². The lowest BCUT2D eigenvalue weighted by molar-refractivity contribution is -0.137. The molecule has 9 nitrogen and oxygen atoms in total. The Labute approximate surface area is 179 Å². The van der Waals surface area contributed by atoms with Gasteiger partial charge in [0.05, 0.1) is 25.3 Å². The van der Waals surface area contributed by atoms with E-state index < -0.39 is 11.7 Å². The molecule has 2 N–H and O–H groups in total. The van der Waals surface area contributed by atoms with Crippen LogP contribution in [-0.2, 0) is 15.7 Å². The predicted octanol–water partition coefficient (Wildman–Crippen LogP) is 0.435. The van der Waals surface area contributed by atoms with Crippen LogP contribution in [0.5, 0.6) is 5.88 Å². The van der Waals surface area contributed by atoms with E-state index in [0.29, 0.717) is 45.3 Å². The second kappa shape index (κ2) is 12.3. The van der Waals surface area contributed by atoms with Crippen molar-refractivity contribution in [3.05, 3.63) is 23.9 Å². The molecule has 1 aliphatic heterocycles. The number of nitrogens with one attached hydrogen (secondary N) is 2. The molecule has 1 aliphatic rings. The van der Waals surface area contributed by atoms with E-state index in [2.05, 4.69) is 30.4 Å². The summed E-state index contributed by atoms with van der Waals surface area (Å²) in [5.74, 6) is 0.803. The maximum Gasteiger partial charge on any atom is 0.417 e. The number of ether oxygens (including phenoxy) is 2. The standard InChI is InChI=1S/C19H29F3N6O3/c1-23-18(25-6-12-31-17-4-3-15(13-26-17)19(20,21)22)28-9-7-27(8-10-28)14-16(29)24-5-11-30-2/h3-4,13H,5-12,14H2,1-2H3,(H,23,25)(H,24,29). The second-order valence-corrected chi connectivity index (χ2v) is 6.81. The zero-order chi connectivity index (χ0) is 22.7. The number of carbonyl (C=O) groups excluding carboxylic acids is 1. The van der Waals surface area contributed by atoms with Crippen LogP contribution in [0.3, 0.4) is 0 Å². The average Bonchev–Trinajstić information content (AvgIpc) is 2.74. The number of methoxy groups -OCH3 is 1. The van der Waals surface area contributed by atoms with Crippen molar-refractivity contribution in [2.45, 2.75) is 6.18 Å². The summed E-state index contributed by atoms with van der Waals surface area (Å²) in [7, 11) is 3.26. The number of hydrogen-bond donors (Lipinski definition) is 2. The minimum absolute atomic E-state index is 0.0259. The Hall–Kier alpha value is -2.60. The van der Waals surface area contributed by atoms with E-state index in [1.807, 2.05) is 0 Å². The van der Waals surface area contributed by atoms with Crippen molar-refractivity contribution in [3.63, 3.8) is 0 Å². The lowest BCUT2D eigenvalue weighted by Crippen LogP contribution is -2.54. The van der Waals surface area contributed by atoms with Crippen LogP contribution in [0.15, 0.2) is 23.3 Å². The topological polar surface area (TPSA) is 91.3 Å². The van der Waals surface area contributed by atoms with Crippen LogP contribution in [0.2, 0.25) is 0 Å². The van der Waals surface area contributed by atoms with E-state index >= 15 is 0 Å². The van der Waals surface area contributed by atoms with Gasteiger partial charge in [0, 0.05) is 59.1 Å². The lowest BCUT2D eigenvalue weighted by Gasteiger charge is -2.36. The maximum atomic E-state index is 12.5. The summed E-state index contributed by atoms with van der Waals surface area (Å²) >= 11 is 0. The Bertz CT molecular complexity index is 707. The Morgan fingerprint density at radius 2 is 1.87 bits per heavy atom. The molecule has 0 bridgehead atoms. The van der Waals surface area contributed by atoms with Crippen molar-refractivity contribution in [3.8, 4) is 5.88 Å². The molecule has 1 amide bonds. The van der Waals surface area contributed by atoms with Crippen LogP contribution >= 0.6 is 0 Å². The highest BCUT2D eigenvalue weighted by molar-refractivity contribution is 5.80. The zero-order valence-corrected chi connectivity index (χ0v) is 17.7. The fraction of sp³-hybridized carbons (Fsp3) is 0.632. The number of guanidine groups is 1. The number of rotatable bonds is 9.